The number of thiophene rings is 1. The van der Waals surface area contributed by atoms with Gasteiger partial charge >= 0.3 is 0 Å². The topological polar surface area (TPSA) is 58.1 Å². The number of rotatable bonds is 6. The molecule has 1 saturated heterocycles. The Kier molecular flexibility index (Phi) is 5.76. The van der Waals surface area contributed by atoms with Crippen LogP contribution < -0.4 is 5.32 Å². The lowest BCUT2D eigenvalue weighted by Crippen LogP contribution is -2.30. The van der Waals surface area contributed by atoms with Crippen molar-refractivity contribution in [1.29, 1.82) is 0 Å². The zero-order valence-electron chi connectivity index (χ0n) is 18.4. The lowest BCUT2D eigenvalue weighted by Gasteiger charge is -2.27. The van der Waals surface area contributed by atoms with Gasteiger partial charge in [-0.2, -0.15) is 0 Å². The number of fused-ring (bicyclic) bond motifs is 1. The molecule has 0 atom stereocenters. The molecular weight excluding hydrogens is 404 g/mol. The van der Waals surface area contributed by atoms with Crippen LogP contribution >= 0.6 is 11.3 Å². The first kappa shape index (κ1) is 20.6. The van der Waals surface area contributed by atoms with Crippen LogP contribution in [0.5, 0.6) is 0 Å². The van der Waals surface area contributed by atoms with E-state index in [1.807, 2.05) is 13.8 Å². The minimum absolute atomic E-state index is 0.0133. The van der Waals surface area contributed by atoms with Gasteiger partial charge in [0.1, 0.15) is 10.7 Å². The number of benzene rings is 1. The minimum Gasteiger partial charge on any atom is -0.347 e. The third kappa shape index (κ3) is 4.37. The first-order valence-corrected chi connectivity index (χ1v) is 12.3. The van der Waals surface area contributed by atoms with Gasteiger partial charge in [-0.25, -0.2) is 9.97 Å². The van der Waals surface area contributed by atoms with Crippen molar-refractivity contribution < 1.29 is 4.79 Å². The largest absolute Gasteiger partial charge is 0.347 e. The molecule has 3 heterocycles. The molecule has 0 bridgehead atoms. The standard InChI is InChI=1S/C25H30N4OS/c1-16-21-17(2)27-23(18-10-11-18)28-25(21)31-22(16)24(30)26-14-19-8-4-5-9-20(19)15-29-12-6-3-7-13-29/h4-5,8-9,18H,3,6-7,10-15H2,1-2H3,(H,26,30). The van der Waals surface area contributed by atoms with Gasteiger partial charge in [-0.05, 0) is 69.3 Å². The van der Waals surface area contributed by atoms with Crippen LogP contribution in [-0.4, -0.2) is 33.9 Å². The Morgan fingerprint density at radius 2 is 1.84 bits per heavy atom. The predicted molar refractivity (Wildman–Crippen MR) is 126 cm³/mol. The van der Waals surface area contributed by atoms with Crippen molar-refractivity contribution in [1.82, 2.24) is 20.2 Å². The lowest BCUT2D eigenvalue weighted by atomic mass is 10.0. The number of aryl methyl sites for hydroxylation is 2. The summed E-state index contributed by atoms with van der Waals surface area (Å²) in [7, 11) is 0. The second-order valence-electron chi connectivity index (χ2n) is 8.97. The van der Waals surface area contributed by atoms with Crippen LogP contribution in [0.25, 0.3) is 10.2 Å². The quantitative estimate of drug-likeness (QED) is 0.586. The summed E-state index contributed by atoms with van der Waals surface area (Å²) in [4.78, 5) is 26.8. The van der Waals surface area contributed by atoms with Crippen molar-refractivity contribution in [3.63, 3.8) is 0 Å². The molecule has 6 heteroatoms. The van der Waals surface area contributed by atoms with Crippen molar-refractivity contribution in [3.8, 4) is 0 Å². The maximum Gasteiger partial charge on any atom is 0.261 e. The van der Waals surface area contributed by atoms with Gasteiger partial charge in [-0.1, -0.05) is 30.7 Å². The molecule has 5 nitrogen and oxygen atoms in total. The monoisotopic (exact) mass is 434 g/mol. The molecule has 1 aromatic carbocycles. The molecule has 3 aromatic rings. The van der Waals surface area contributed by atoms with E-state index in [9.17, 15) is 4.79 Å². The molecule has 162 valence electrons. The molecule has 1 aliphatic carbocycles. The summed E-state index contributed by atoms with van der Waals surface area (Å²) in [6, 6.07) is 8.48. The average molecular weight is 435 g/mol. The molecule has 5 rings (SSSR count). The number of likely N-dealkylation sites (tertiary alicyclic amines) is 1. The van der Waals surface area contributed by atoms with Crippen LogP contribution in [0.4, 0.5) is 0 Å². The highest BCUT2D eigenvalue weighted by Gasteiger charge is 2.28. The summed E-state index contributed by atoms with van der Waals surface area (Å²) in [5.74, 6) is 1.45. The summed E-state index contributed by atoms with van der Waals surface area (Å²) in [6.45, 7) is 7.91. The molecule has 1 aliphatic heterocycles. The Bertz CT molecular complexity index is 1110. The van der Waals surface area contributed by atoms with Crippen molar-refractivity contribution >= 4 is 27.5 Å². The summed E-state index contributed by atoms with van der Waals surface area (Å²) >= 11 is 1.50. The van der Waals surface area contributed by atoms with Crippen LogP contribution in [0.1, 0.15) is 75.9 Å². The maximum absolute atomic E-state index is 13.1. The highest BCUT2D eigenvalue weighted by molar-refractivity contribution is 7.20. The molecule has 2 aliphatic rings. The smallest absolute Gasteiger partial charge is 0.261 e. The molecule has 31 heavy (non-hydrogen) atoms. The number of carbonyl (C=O) groups excluding carboxylic acids is 1. The SMILES string of the molecule is Cc1nc(C2CC2)nc2sc(C(=O)NCc3ccccc3CN3CCCCC3)c(C)c12. The van der Waals surface area contributed by atoms with E-state index in [4.69, 9.17) is 9.97 Å². The van der Waals surface area contributed by atoms with Gasteiger partial charge in [0.15, 0.2) is 0 Å². The third-order valence-electron chi connectivity index (χ3n) is 6.54. The molecule has 1 saturated carbocycles. The molecule has 0 unspecified atom stereocenters. The number of hydrogen-bond acceptors (Lipinski definition) is 5. The van der Waals surface area contributed by atoms with Gasteiger partial charge in [0.2, 0.25) is 0 Å². The van der Waals surface area contributed by atoms with E-state index in [1.54, 1.807) is 0 Å². The van der Waals surface area contributed by atoms with Gasteiger partial charge in [0.25, 0.3) is 5.91 Å². The van der Waals surface area contributed by atoms with Crippen LogP contribution in [0.3, 0.4) is 0 Å². The van der Waals surface area contributed by atoms with Crippen molar-refractivity contribution in [2.45, 2.75) is 65.0 Å². The molecule has 2 fully saturated rings. The Morgan fingerprint density at radius 1 is 1.10 bits per heavy atom. The number of nitrogens with one attached hydrogen (secondary N) is 1. The van der Waals surface area contributed by atoms with E-state index in [0.717, 1.165) is 38.7 Å². The Labute approximate surface area is 187 Å². The Morgan fingerprint density at radius 3 is 2.58 bits per heavy atom. The summed E-state index contributed by atoms with van der Waals surface area (Å²) in [6.07, 6.45) is 6.28. The highest BCUT2D eigenvalue weighted by atomic mass is 32.1. The normalized spacial score (nSPS) is 17.2. The summed E-state index contributed by atoms with van der Waals surface area (Å²) in [5, 5.41) is 4.21. The number of piperidine rings is 1. The molecular formula is C25H30N4OS. The molecule has 0 spiro atoms. The van der Waals surface area contributed by atoms with E-state index < -0.39 is 0 Å². The van der Waals surface area contributed by atoms with E-state index in [-0.39, 0.29) is 5.91 Å². The zero-order valence-corrected chi connectivity index (χ0v) is 19.2. The Balaban J connectivity index is 1.32. The number of nitrogens with zero attached hydrogens (tertiary/aromatic N) is 3. The third-order valence-corrected chi connectivity index (χ3v) is 7.72. The number of aromatic nitrogens is 2. The Hall–Kier alpha value is -2.31. The van der Waals surface area contributed by atoms with E-state index in [2.05, 4.69) is 34.5 Å². The average Bonchev–Trinajstić information content (AvgIpc) is 3.57. The summed E-state index contributed by atoms with van der Waals surface area (Å²) in [5.41, 5.74) is 4.51. The van der Waals surface area contributed by atoms with Crippen LogP contribution in [0, 0.1) is 13.8 Å². The molecule has 0 radical (unpaired) electrons. The van der Waals surface area contributed by atoms with Gasteiger partial charge in [-0.15, -0.1) is 11.3 Å². The fourth-order valence-electron chi connectivity index (χ4n) is 4.60. The first-order chi connectivity index (χ1) is 15.1. The van der Waals surface area contributed by atoms with Crippen molar-refractivity contribution in [3.05, 3.63) is 57.4 Å². The maximum atomic E-state index is 13.1. The van der Waals surface area contributed by atoms with E-state index in [1.165, 1.54) is 67.7 Å². The predicted octanol–water partition coefficient (Wildman–Crippen LogP) is 5.10. The van der Waals surface area contributed by atoms with E-state index in [0.29, 0.717) is 12.5 Å². The van der Waals surface area contributed by atoms with Gasteiger partial charge in [-0.3, -0.25) is 9.69 Å². The van der Waals surface area contributed by atoms with E-state index >= 15 is 0 Å². The van der Waals surface area contributed by atoms with Crippen LogP contribution in [-0.2, 0) is 13.1 Å². The fourth-order valence-corrected chi connectivity index (χ4v) is 5.75. The fraction of sp³-hybridized carbons (Fsp3) is 0.480. The van der Waals surface area contributed by atoms with Gasteiger partial charge < -0.3 is 5.32 Å². The minimum atomic E-state index is -0.0133. The van der Waals surface area contributed by atoms with Gasteiger partial charge in [0.05, 0.1) is 10.6 Å². The van der Waals surface area contributed by atoms with Crippen LogP contribution in [0.2, 0.25) is 0 Å². The molecule has 2 aromatic heterocycles. The molecule has 1 N–H and O–H groups in total. The van der Waals surface area contributed by atoms with Crippen molar-refractivity contribution in [2.75, 3.05) is 13.1 Å². The lowest BCUT2D eigenvalue weighted by molar-refractivity contribution is 0.0954. The number of carbonyl (C=O) groups is 1. The van der Waals surface area contributed by atoms with Crippen LogP contribution in [0.15, 0.2) is 24.3 Å². The van der Waals surface area contributed by atoms with Gasteiger partial charge in [0, 0.05) is 24.4 Å². The van der Waals surface area contributed by atoms with Crippen molar-refractivity contribution in [2.24, 2.45) is 0 Å². The second-order valence-corrected chi connectivity index (χ2v) is 9.97. The zero-order chi connectivity index (χ0) is 21.4. The highest BCUT2D eigenvalue weighted by Crippen LogP contribution is 2.40. The first-order valence-electron chi connectivity index (χ1n) is 11.4. The summed E-state index contributed by atoms with van der Waals surface area (Å²) < 4.78 is 0. The molecule has 1 amide bonds. The number of hydrogen-bond donors (Lipinski definition) is 1. The number of amides is 1. The second kappa shape index (κ2) is 8.67.